The van der Waals surface area contributed by atoms with Gasteiger partial charge in [0.25, 0.3) is 0 Å². The molecule has 0 bridgehead atoms. The van der Waals surface area contributed by atoms with Crippen LogP contribution in [-0.2, 0) is 0 Å². The molecule has 1 unspecified atom stereocenters. The zero-order chi connectivity index (χ0) is 8.72. The lowest BCUT2D eigenvalue weighted by molar-refractivity contribution is 0.107. The third-order valence-electron chi connectivity index (χ3n) is 2.83. The van der Waals surface area contributed by atoms with Gasteiger partial charge in [-0.15, -0.1) is 0 Å². The van der Waals surface area contributed by atoms with Gasteiger partial charge < -0.3 is 10.0 Å². The van der Waals surface area contributed by atoms with Crippen molar-refractivity contribution in [2.75, 3.05) is 7.05 Å². The molecule has 0 aromatic heterocycles. The molecule has 3 heteroatoms. The van der Waals surface area contributed by atoms with Gasteiger partial charge in [-0.3, -0.25) is 5.41 Å². The van der Waals surface area contributed by atoms with Crippen LogP contribution in [0.1, 0.15) is 25.7 Å². The largest absolute Gasteiger partial charge is 0.370 e. The summed E-state index contributed by atoms with van der Waals surface area (Å²) in [7, 11) is 1.78. The average Bonchev–Trinajstić information content (AvgIpc) is 2.33. The first kappa shape index (κ1) is 7.80. The van der Waals surface area contributed by atoms with Crippen LogP contribution in [0.2, 0.25) is 0 Å². The smallest absolute Gasteiger partial charge is 0.150 e. The summed E-state index contributed by atoms with van der Waals surface area (Å²) in [5.41, 5.74) is 2.19. The number of rotatable bonds is 0. The summed E-state index contributed by atoms with van der Waals surface area (Å²) in [6.45, 7) is 0. The zero-order valence-electron chi connectivity index (χ0n) is 7.30. The van der Waals surface area contributed by atoms with Crippen LogP contribution in [0.5, 0.6) is 0 Å². The zero-order valence-corrected chi connectivity index (χ0v) is 7.30. The van der Waals surface area contributed by atoms with Gasteiger partial charge in [0.05, 0.1) is 0 Å². The Morgan fingerprint density at radius 2 is 2.08 bits per heavy atom. The molecule has 12 heavy (non-hydrogen) atoms. The molecule has 0 saturated heterocycles. The highest BCUT2D eigenvalue weighted by atomic mass is 16.3. The van der Waals surface area contributed by atoms with E-state index in [4.69, 9.17) is 5.41 Å². The lowest BCUT2D eigenvalue weighted by atomic mass is 9.93. The maximum atomic E-state index is 9.69. The van der Waals surface area contributed by atoms with E-state index in [0.29, 0.717) is 5.84 Å². The van der Waals surface area contributed by atoms with Crippen LogP contribution in [0.3, 0.4) is 0 Å². The third kappa shape index (κ3) is 0.894. The molecule has 1 aliphatic heterocycles. The van der Waals surface area contributed by atoms with Crippen LogP contribution in [-0.4, -0.2) is 29.1 Å². The maximum absolute atomic E-state index is 9.69. The van der Waals surface area contributed by atoms with Crippen molar-refractivity contribution in [3.8, 4) is 0 Å². The van der Waals surface area contributed by atoms with Gasteiger partial charge in [0.15, 0.2) is 6.23 Å². The van der Waals surface area contributed by atoms with Gasteiger partial charge in [-0.2, -0.15) is 0 Å². The number of nitrogens with one attached hydrogen (secondary N) is 1. The molecule has 2 N–H and O–H groups in total. The summed E-state index contributed by atoms with van der Waals surface area (Å²) >= 11 is 0. The molecule has 1 aliphatic carbocycles. The highest BCUT2D eigenvalue weighted by Crippen LogP contribution is 2.34. The lowest BCUT2D eigenvalue weighted by Crippen LogP contribution is -2.30. The van der Waals surface area contributed by atoms with Gasteiger partial charge in [-0.1, -0.05) is 0 Å². The van der Waals surface area contributed by atoms with E-state index >= 15 is 0 Å². The summed E-state index contributed by atoms with van der Waals surface area (Å²) < 4.78 is 0. The van der Waals surface area contributed by atoms with Crippen molar-refractivity contribution in [3.63, 3.8) is 0 Å². The SMILES string of the molecule is CN1C(=N)C2=C(CCCC2)C1O. The summed E-state index contributed by atoms with van der Waals surface area (Å²) in [4.78, 5) is 1.65. The first-order valence-corrected chi connectivity index (χ1v) is 4.43. The van der Waals surface area contributed by atoms with Crippen molar-refractivity contribution in [1.29, 1.82) is 5.41 Å². The highest BCUT2D eigenvalue weighted by Gasteiger charge is 2.33. The molecule has 0 amide bonds. The van der Waals surface area contributed by atoms with Gasteiger partial charge in [-0.25, -0.2) is 0 Å². The number of hydrogen-bond acceptors (Lipinski definition) is 2. The minimum atomic E-state index is -0.507. The van der Waals surface area contributed by atoms with Crippen LogP contribution in [0, 0.1) is 5.41 Å². The number of aliphatic hydroxyl groups excluding tert-OH is 1. The first-order chi connectivity index (χ1) is 5.72. The quantitative estimate of drug-likeness (QED) is 0.566. The lowest BCUT2D eigenvalue weighted by Gasteiger charge is -2.18. The molecule has 1 heterocycles. The Kier molecular flexibility index (Phi) is 1.68. The Hall–Kier alpha value is -0.830. The second kappa shape index (κ2) is 2.59. The Bertz CT molecular complexity index is 257. The summed E-state index contributed by atoms with van der Waals surface area (Å²) in [6.07, 6.45) is 3.78. The Morgan fingerprint density at radius 3 is 2.75 bits per heavy atom. The van der Waals surface area contributed by atoms with E-state index in [9.17, 15) is 5.11 Å². The Balaban J connectivity index is 2.35. The van der Waals surface area contributed by atoms with Crippen LogP contribution in [0.25, 0.3) is 0 Å². The fourth-order valence-electron chi connectivity index (χ4n) is 2.05. The molecule has 0 saturated carbocycles. The predicted molar refractivity (Wildman–Crippen MR) is 47.0 cm³/mol. The van der Waals surface area contributed by atoms with E-state index in [1.54, 1.807) is 11.9 Å². The van der Waals surface area contributed by atoms with Gasteiger partial charge in [0.2, 0.25) is 0 Å². The molecule has 66 valence electrons. The average molecular weight is 166 g/mol. The molecular weight excluding hydrogens is 152 g/mol. The third-order valence-corrected chi connectivity index (χ3v) is 2.83. The van der Waals surface area contributed by atoms with E-state index in [0.717, 1.165) is 30.4 Å². The Labute approximate surface area is 72.2 Å². The molecule has 0 spiro atoms. The van der Waals surface area contributed by atoms with E-state index in [1.807, 2.05) is 0 Å². The van der Waals surface area contributed by atoms with E-state index in [-0.39, 0.29) is 0 Å². The highest BCUT2D eigenvalue weighted by molar-refractivity contribution is 5.99. The standard InChI is InChI=1S/C9H14N2O/c1-11-8(10)6-4-2-3-5-7(6)9(11)12/h9-10,12H,2-5H2,1H3. The molecular formula is C9H14N2O. The van der Waals surface area contributed by atoms with E-state index in [2.05, 4.69) is 0 Å². The molecule has 2 aliphatic rings. The fraction of sp³-hybridized carbons (Fsp3) is 0.667. The van der Waals surface area contributed by atoms with E-state index < -0.39 is 6.23 Å². The summed E-state index contributed by atoms with van der Waals surface area (Å²) in [5, 5.41) is 17.4. The number of aliphatic hydroxyl groups is 1. The molecule has 0 radical (unpaired) electrons. The number of amidine groups is 1. The minimum absolute atomic E-state index is 0.507. The molecule has 0 fully saturated rings. The number of likely N-dealkylation sites (N-methyl/N-ethyl adjacent to an activating group) is 1. The number of hydrogen-bond donors (Lipinski definition) is 2. The van der Waals surface area contributed by atoms with Crippen LogP contribution in [0.4, 0.5) is 0 Å². The van der Waals surface area contributed by atoms with Gasteiger partial charge in [-0.05, 0) is 36.8 Å². The first-order valence-electron chi connectivity index (χ1n) is 4.43. The second-order valence-electron chi connectivity index (χ2n) is 3.54. The maximum Gasteiger partial charge on any atom is 0.150 e. The van der Waals surface area contributed by atoms with Gasteiger partial charge >= 0.3 is 0 Å². The monoisotopic (exact) mass is 166 g/mol. The van der Waals surface area contributed by atoms with Gasteiger partial charge in [0.1, 0.15) is 5.84 Å². The Morgan fingerprint density at radius 1 is 1.42 bits per heavy atom. The molecule has 2 rings (SSSR count). The van der Waals surface area contributed by atoms with Crippen molar-refractivity contribution in [3.05, 3.63) is 11.1 Å². The van der Waals surface area contributed by atoms with Crippen molar-refractivity contribution in [2.45, 2.75) is 31.9 Å². The second-order valence-corrected chi connectivity index (χ2v) is 3.54. The summed E-state index contributed by atoms with van der Waals surface area (Å²) in [6, 6.07) is 0. The molecule has 0 aromatic rings. The molecule has 1 atom stereocenters. The van der Waals surface area contributed by atoms with Crippen molar-refractivity contribution in [1.82, 2.24) is 4.90 Å². The van der Waals surface area contributed by atoms with Crippen LogP contribution >= 0.6 is 0 Å². The fourth-order valence-corrected chi connectivity index (χ4v) is 2.05. The topological polar surface area (TPSA) is 47.3 Å². The van der Waals surface area contributed by atoms with Crippen LogP contribution < -0.4 is 0 Å². The molecule has 3 nitrogen and oxygen atoms in total. The van der Waals surface area contributed by atoms with Crippen molar-refractivity contribution in [2.24, 2.45) is 0 Å². The molecule has 0 aromatic carbocycles. The normalized spacial score (nSPS) is 29.7. The predicted octanol–water partition coefficient (Wildman–Crippen LogP) is 1.10. The van der Waals surface area contributed by atoms with E-state index in [1.165, 1.54) is 6.42 Å². The van der Waals surface area contributed by atoms with Crippen molar-refractivity contribution >= 4 is 5.84 Å². The summed E-state index contributed by atoms with van der Waals surface area (Å²) in [5.74, 6) is 0.525. The minimum Gasteiger partial charge on any atom is -0.370 e. The van der Waals surface area contributed by atoms with Gasteiger partial charge in [0, 0.05) is 7.05 Å². The van der Waals surface area contributed by atoms with Crippen LogP contribution in [0.15, 0.2) is 11.1 Å². The number of nitrogens with zero attached hydrogens (tertiary/aromatic N) is 1. The van der Waals surface area contributed by atoms with Crippen molar-refractivity contribution < 1.29 is 5.11 Å².